The Bertz CT molecular complexity index is 350. The maximum absolute atomic E-state index is 4.21. The van der Waals surface area contributed by atoms with Gasteiger partial charge in [-0.05, 0) is 37.3 Å². The molecule has 0 spiro atoms. The van der Waals surface area contributed by atoms with Gasteiger partial charge in [0.1, 0.15) is 0 Å². The van der Waals surface area contributed by atoms with Crippen molar-refractivity contribution in [1.82, 2.24) is 4.98 Å². The van der Waals surface area contributed by atoms with Crippen LogP contribution in [-0.4, -0.2) is 4.98 Å². The van der Waals surface area contributed by atoms with Gasteiger partial charge < -0.3 is 0 Å². The quantitative estimate of drug-likeness (QED) is 0.533. The van der Waals surface area contributed by atoms with Crippen LogP contribution in [0.4, 0.5) is 0 Å². The van der Waals surface area contributed by atoms with Crippen molar-refractivity contribution in [2.24, 2.45) is 0 Å². The van der Waals surface area contributed by atoms with Crippen molar-refractivity contribution < 1.29 is 0 Å². The van der Waals surface area contributed by atoms with Gasteiger partial charge in [-0.1, -0.05) is 12.2 Å². The lowest BCUT2D eigenvalue weighted by Crippen LogP contribution is -2.27. The van der Waals surface area contributed by atoms with Crippen LogP contribution in [0.1, 0.15) is 19.5 Å². The molecule has 1 aromatic heterocycles. The molecule has 1 heterocycles. The van der Waals surface area contributed by atoms with Crippen LogP contribution >= 0.6 is 0 Å². The molecule has 0 unspecified atom stereocenters. The van der Waals surface area contributed by atoms with Crippen LogP contribution in [0.3, 0.4) is 0 Å². The second-order valence-electron chi connectivity index (χ2n) is 2.48. The van der Waals surface area contributed by atoms with E-state index in [2.05, 4.69) is 17.1 Å². The fourth-order valence-electron chi connectivity index (χ4n) is 1.22. The second kappa shape index (κ2) is 3.33. The van der Waals surface area contributed by atoms with Crippen LogP contribution < -0.4 is 10.4 Å². The van der Waals surface area contributed by atoms with Crippen molar-refractivity contribution in [3.63, 3.8) is 0 Å². The molecule has 0 N–H and O–H groups in total. The molecule has 0 radical (unpaired) electrons. The lowest BCUT2D eigenvalue weighted by molar-refractivity contribution is 1.15. The third kappa shape index (κ3) is 1.48. The number of nitrogens with zero attached hydrogens (tertiary/aromatic N) is 1. The monoisotopic (exact) mass is 147 g/mol. The molecule has 0 aromatic carbocycles. The molecule has 11 heavy (non-hydrogen) atoms. The minimum atomic E-state index is 1.10. The molecule has 1 aromatic rings. The molecule has 0 fully saturated rings. The third-order valence-corrected chi connectivity index (χ3v) is 1.82. The van der Waals surface area contributed by atoms with Gasteiger partial charge in [-0.2, -0.15) is 0 Å². The standard InChI is InChI=1S/C10H13N/c1-4-9-6-7-11-8(3)10(9)5-2/h4-7H,1-3H3/b9-4-,10-5-. The van der Waals surface area contributed by atoms with E-state index in [-0.39, 0.29) is 0 Å². The first-order valence-electron chi connectivity index (χ1n) is 3.84. The fourth-order valence-corrected chi connectivity index (χ4v) is 1.22. The topological polar surface area (TPSA) is 12.9 Å². The summed E-state index contributed by atoms with van der Waals surface area (Å²) in [6.45, 7) is 6.11. The summed E-state index contributed by atoms with van der Waals surface area (Å²) in [6, 6.07) is 2.03. The Morgan fingerprint density at radius 3 is 2.45 bits per heavy atom. The van der Waals surface area contributed by atoms with E-state index in [0.29, 0.717) is 0 Å². The zero-order chi connectivity index (χ0) is 8.27. The molecule has 0 bridgehead atoms. The zero-order valence-electron chi connectivity index (χ0n) is 7.26. The van der Waals surface area contributed by atoms with Gasteiger partial charge in [-0.15, -0.1) is 0 Å². The molecule has 0 amide bonds. The van der Waals surface area contributed by atoms with Crippen LogP contribution in [0.5, 0.6) is 0 Å². The fraction of sp³-hybridized carbons (Fsp3) is 0.300. The van der Waals surface area contributed by atoms with Gasteiger partial charge in [0, 0.05) is 11.9 Å². The van der Waals surface area contributed by atoms with Crippen molar-refractivity contribution in [3.05, 3.63) is 28.4 Å². The first-order chi connectivity index (χ1) is 5.29. The van der Waals surface area contributed by atoms with Gasteiger partial charge in [0.05, 0.1) is 0 Å². The van der Waals surface area contributed by atoms with Crippen molar-refractivity contribution in [1.29, 1.82) is 0 Å². The van der Waals surface area contributed by atoms with Gasteiger partial charge in [-0.3, -0.25) is 4.98 Å². The molecular weight excluding hydrogens is 134 g/mol. The number of pyridine rings is 1. The van der Waals surface area contributed by atoms with Gasteiger partial charge in [0.15, 0.2) is 0 Å². The SMILES string of the molecule is C/C=c1/ccnc(C)/c1=C/C. The van der Waals surface area contributed by atoms with E-state index < -0.39 is 0 Å². The van der Waals surface area contributed by atoms with Crippen molar-refractivity contribution >= 4 is 12.2 Å². The van der Waals surface area contributed by atoms with E-state index in [1.54, 1.807) is 0 Å². The molecule has 0 saturated heterocycles. The van der Waals surface area contributed by atoms with Crippen LogP contribution in [-0.2, 0) is 0 Å². The minimum Gasteiger partial charge on any atom is -0.261 e. The van der Waals surface area contributed by atoms with Crippen LogP contribution in [0.15, 0.2) is 12.3 Å². The Labute approximate surface area is 67.1 Å². The van der Waals surface area contributed by atoms with Gasteiger partial charge >= 0.3 is 0 Å². The van der Waals surface area contributed by atoms with Gasteiger partial charge in [0.2, 0.25) is 0 Å². The summed E-state index contributed by atoms with van der Waals surface area (Å²) in [7, 11) is 0. The highest BCUT2D eigenvalue weighted by Crippen LogP contribution is 1.76. The lowest BCUT2D eigenvalue weighted by atomic mass is 10.2. The van der Waals surface area contributed by atoms with Gasteiger partial charge in [-0.25, -0.2) is 0 Å². The molecule has 58 valence electrons. The van der Waals surface area contributed by atoms with E-state index in [4.69, 9.17) is 0 Å². The Balaban J connectivity index is 3.65. The summed E-state index contributed by atoms with van der Waals surface area (Å²) in [5.74, 6) is 0. The van der Waals surface area contributed by atoms with E-state index in [9.17, 15) is 0 Å². The van der Waals surface area contributed by atoms with E-state index in [0.717, 1.165) is 5.69 Å². The Hall–Kier alpha value is -1.11. The molecule has 0 atom stereocenters. The largest absolute Gasteiger partial charge is 0.261 e. The predicted molar refractivity (Wildman–Crippen MR) is 48.5 cm³/mol. The van der Waals surface area contributed by atoms with E-state index in [1.165, 1.54) is 10.4 Å². The number of hydrogen-bond donors (Lipinski definition) is 0. The molecule has 1 heteroatoms. The number of aryl methyl sites for hydroxylation is 1. The Kier molecular flexibility index (Phi) is 2.42. The van der Waals surface area contributed by atoms with Crippen molar-refractivity contribution in [2.75, 3.05) is 0 Å². The summed E-state index contributed by atoms with van der Waals surface area (Å²) >= 11 is 0. The minimum absolute atomic E-state index is 1.10. The van der Waals surface area contributed by atoms with Crippen LogP contribution in [0, 0.1) is 6.92 Å². The zero-order valence-corrected chi connectivity index (χ0v) is 7.26. The molecule has 0 aliphatic rings. The molecule has 1 rings (SSSR count). The summed E-state index contributed by atoms with van der Waals surface area (Å²) in [5.41, 5.74) is 1.10. The van der Waals surface area contributed by atoms with E-state index >= 15 is 0 Å². The summed E-state index contributed by atoms with van der Waals surface area (Å²) < 4.78 is 0. The van der Waals surface area contributed by atoms with Crippen LogP contribution in [0.2, 0.25) is 0 Å². The molecule has 1 nitrogen and oxygen atoms in total. The van der Waals surface area contributed by atoms with E-state index in [1.807, 2.05) is 33.0 Å². The number of rotatable bonds is 0. The van der Waals surface area contributed by atoms with Crippen molar-refractivity contribution in [3.8, 4) is 0 Å². The average Bonchev–Trinajstić information content (AvgIpc) is 2.04. The average molecular weight is 147 g/mol. The van der Waals surface area contributed by atoms with Crippen LogP contribution in [0.25, 0.3) is 12.2 Å². The summed E-state index contributed by atoms with van der Waals surface area (Å²) in [6.07, 6.45) is 6.04. The highest BCUT2D eigenvalue weighted by atomic mass is 14.6. The number of aromatic nitrogens is 1. The Morgan fingerprint density at radius 1 is 1.27 bits per heavy atom. The highest BCUT2D eigenvalue weighted by molar-refractivity contribution is 5.30. The molecule has 0 aliphatic carbocycles. The third-order valence-electron chi connectivity index (χ3n) is 1.82. The molecule has 0 saturated carbocycles. The summed E-state index contributed by atoms with van der Waals surface area (Å²) in [5, 5.41) is 2.51. The van der Waals surface area contributed by atoms with Crippen molar-refractivity contribution in [2.45, 2.75) is 20.8 Å². The maximum Gasteiger partial charge on any atom is 0.0447 e. The predicted octanol–water partition coefficient (Wildman–Crippen LogP) is 0.991. The molecular formula is C10H13N. The maximum atomic E-state index is 4.21. The second-order valence-corrected chi connectivity index (χ2v) is 2.48. The number of hydrogen-bond acceptors (Lipinski definition) is 1. The summed E-state index contributed by atoms with van der Waals surface area (Å²) in [4.78, 5) is 4.21. The van der Waals surface area contributed by atoms with Gasteiger partial charge in [0.25, 0.3) is 0 Å². The lowest BCUT2D eigenvalue weighted by Gasteiger charge is -1.92. The smallest absolute Gasteiger partial charge is 0.0447 e. The highest BCUT2D eigenvalue weighted by Gasteiger charge is 1.87. The first kappa shape index (κ1) is 7.99. The molecule has 0 aliphatic heterocycles. The normalized spacial score (nSPS) is 14.1. The first-order valence-corrected chi connectivity index (χ1v) is 3.84. The Morgan fingerprint density at radius 2 is 2.00 bits per heavy atom.